The summed E-state index contributed by atoms with van der Waals surface area (Å²) in [5.41, 5.74) is 1.32. The summed E-state index contributed by atoms with van der Waals surface area (Å²) in [5, 5.41) is 12.1. The maximum absolute atomic E-state index is 12.5. The van der Waals surface area contributed by atoms with Gasteiger partial charge in [0, 0.05) is 5.69 Å². The van der Waals surface area contributed by atoms with Crippen molar-refractivity contribution in [2.24, 2.45) is 11.8 Å². The van der Waals surface area contributed by atoms with Crippen molar-refractivity contribution in [3.05, 3.63) is 35.9 Å². The minimum atomic E-state index is -0.965. The number of methoxy groups -OCH3 is 1. The number of ether oxygens (including phenoxy) is 2. The number of carbonyl (C=O) groups excluding carboxylic acids is 2. The lowest BCUT2D eigenvalue weighted by Crippen LogP contribution is -2.34. The molecule has 0 spiro atoms. The van der Waals surface area contributed by atoms with Gasteiger partial charge in [-0.3, -0.25) is 9.59 Å². The summed E-state index contributed by atoms with van der Waals surface area (Å²) in [5.74, 6) is -2.61. The Morgan fingerprint density at radius 2 is 1.88 bits per heavy atom. The van der Waals surface area contributed by atoms with E-state index < -0.39 is 23.8 Å². The Morgan fingerprint density at radius 3 is 2.48 bits per heavy atom. The summed E-state index contributed by atoms with van der Waals surface area (Å²) >= 11 is 0. The number of esters is 1. The molecule has 0 fully saturated rings. The minimum Gasteiger partial charge on any atom is -0.482 e. The van der Waals surface area contributed by atoms with Crippen molar-refractivity contribution in [3.63, 3.8) is 0 Å². The zero-order chi connectivity index (χ0) is 18.4. The predicted molar refractivity (Wildman–Crippen MR) is 90.3 cm³/mol. The van der Waals surface area contributed by atoms with E-state index >= 15 is 0 Å². The fourth-order valence-corrected chi connectivity index (χ4v) is 2.67. The fourth-order valence-electron chi connectivity index (χ4n) is 2.67. The van der Waals surface area contributed by atoms with Crippen LogP contribution < -0.4 is 10.1 Å². The van der Waals surface area contributed by atoms with Crippen molar-refractivity contribution in [2.75, 3.05) is 19.0 Å². The van der Waals surface area contributed by atoms with Crippen molar-refractivity contribution in [3.8, 4) is 5.75 Å². The van der Waals surface area contributed by atoms with E-state index in [-0.39, 0.29) is 12.5 Å². The highest BCUT2D eigenvalue weighted by molar-refractivity contribution is 5.96. The summed E-state index contributed by atoms with van der Waals surface area (Å²) in [6.07, 6.45) is 4.39. The van der Waals surface area contributed by atoms with Gasteiger partial charge in [0.2, 0.25) is 5.91 Å². The predicted octanol–water partition coefficient (Wildman–Crippen LogP) is 2.15. The first-order valence-electron chi connectivity index (χ1n) is 7.91. The molecule has 1 aromatic rings. The first-order chi connectivity index (χ1) is 11.9. The molecule has 0 aromatic heterocycles. The van der Waals surface area contributed by atoms with E-state index in [2.05, 4.69) is 10.1 Å². The van der Waals surface area contributed by atoms with Gasteiger partial charge in [-0.05, 0) is 43.5 Å². The average Bonchev–Trinajstić information content (AvgIpc) is 2.61. The molecule has 0 aliphatic heterocycles. The number of nitrogens with one attached hydrogen (secondary N) is 1. The Bertz CT molecular complexity index is 697. The van der Waals surface area contributed by atoms with Crippen molar-refractivity contribution in [2.45, 2.75) is 19.8 Å². The van der Waals surface area contributed by atoms with Gasteiger partial charge >= 0.3 is 11.9 Å². The number of carbonyl (C=O) groups is 3. The van der Waals surface area contributed by atoms with Gasteiger partial charge in [-0.2, -0.15) is 0 Å². The van der Waals surface area contributed by atoms with Gasteiger partial charge in [0.25, 0.3) is 0 Å². The molecule has 7 heteroatoms. The van der Waals surface area contributed by atoms with Crippen LogP contribution in [0.2, 0.25) is 0 Å². The molecular formula is C18H21NO6. The number of anilines is 1. The summed E-state index contributed by atoms with van der Waals surface area (Å²) in [4.78, 5) is 34.9. The summed E-state index contributed by atoms with van der Waals surface area (Å²) < 4.78 is 9.79. The third kappa shape index (κ3) is 4.82. The molecule has 0 radical (unpaired) electrons. The molecule has 0 heterocycles. The van der Waals surface area contributed by atoms with Crippen molar-refractivity contribution in [1.29, 1.82) is 0 Å². The fraction of sp³-hybridized carbons (Fsp3) is 0.389. The molecule has 1 amide bonds. The van der Waals surface area contributed by atoms with Crippen molar-refractivity contribution < 1.29 is 29.0 Å². The van der Waals surface area contributed by atoms with Gasteiger partial charge in [0.1, 0.15) is 5.75 Å². The molecule has 2 atom stereocenters. The van der Waals surface area contributed by atoms with Gasteiger partial charge in [-0.15, -0.1) is 0 Å². The number of carboxylic acids is 1. The van der Waals surface area contributed by atoms with Gasteiger partial charge in [-0.25, -0.2) is 4.79 Å². The summed E-state index contributed by atoms with van der Waals surface area (Å²) in [6, 6.07) is 4.98. The molecule has 25 heavy (non-hydrogen) atoms. The smallest absolute Gasteiger partial charge is 0.343 e. The maximum atomic E-state index is 12.5. The number of aryl methyl sites for hydroxylation is 1. The van der Waals surface area contributed by atoms with Crippen LogP contribution in [0.5, 0.6) is 5.75 Å². The average molecular weight is 347 g/mol. The Hall–Kier alpha value is -2.83. The topological polar surface area (TPSA) is 102 Å². The molecule has 0 saturated carbocycles. The first kappa shape index (κ1) is 18.5. The third-order valence-corrected chi connectivity index (χ3v) is 4.13. The Morgan fingerprint density at radius 1 is 1.20 bits per heavy atom. The molecule has 134 valence electrons. The second kappa shape index (κ2) is 8.32. The summed E-state index contributed by atoms with van der Waals surface area (Å²) in [6.45, 7) is 1.59. The lowest BCUT2D eigenvalue weighted by molar-refractivity contribution is -0.146. The van der Waals surface area contributed by atoms with Crippen molar-refractivity contribution in [1.82, 2.24) is 0 Å². The van der Waals surface area contributed by atoms with Crippen LogP contribution in [-0.4, -0.2) is 36.7 Å². The van der Waals surface area contributed by atoms with Gasteiger partial charge < -0.3 is 19.9 Å². The molecule has 2 unspecified atom stereocenters. The second-order valence-corrected chi connectivity index (χ2v) is 5.82. The number of rotatable bonds is 6. The molecule has 1 aliphatic rings. The second-order valence-electron chi connectivity index (χ2n) is 5.82. The molecule has 1 aromatic carbocycles. The van der Waals surface area contributed by atoms with Crippen LogP contribution in [0.4, 0.5) is 5.69 Å². The van der Waals surface area contributed by atoms with Crippen LogP contribution in [0, 0.1) is 18.8 Å². The van der Waals surface area contributed by atoms with Crippen LogP contribution in [-0.2, 0) is 19.1 Å². The third-order valence-electron chi connectivity index (χ3n) is 4.13. The van der Waals surface area contributed by atoms with E-state index in [0.717, 1.165) is 5.56 Å². The Labute approximate surface area is 145 Å². The van der Waals surface area contributed by atoms with Gasteiger partial charge in [0.15, 0.2) is 6.61 Å². The van der Waals surface area contributed by atoms with E-state index in [1.165, 1.54) is 7.11 Å². The SMILES string of the molecule is COC(=O)COc1ccc(NC(=O)C2CC=CCC2C(=O)O)c(C)c1. The molecule has 0 saturated heterocycles. The van der Waals surface area contributed by atoms with Gasteiger partial charge in [0.05, 0.1) is 18.9 Å². The van der Waals surface area contributed by atoms with Gasteiger partial charge in [-0.1, -0.05) is 12.2 Å². The molecule has 1 aliphatic carbocycles. The van der Waals surface area contributed by atoms with Crippen LogP contribution in [0.3, 0.4) is 0 Å². The van der Waals surface area contributed by atoms with E-state index in [4.69, 9.17) is 4.74 Å². The molecule has 0 bridgehead atoms. The largest absolute Gasteiger partial charge is 0.482 e. The number of hydrogen-bond acceptors (Lipinski definition) is 5. The highest BCUT2D eigenvalue weighted by atomic mass is 16.6. The Balaban J connectivity index is 2.04. The number of benzene rings is 1. The molecule has 7 nitrogen and oxygen atoms in total. The summed E-state index contributed by atoms with van der Waals surface area (Å²) in [7, 11) is 1.28. The quantitative estimate of drug-likeness (QED) is 0.604. The van der Waals surface area contributed by atoms with Crippen molar-refractivity contribution >= 4 is 23.5 Å². The standard InChI is InChI=1S/C18H21NO6/c1-11-9-12(25-10-16(20)24-2)7-8-15(11)19-17(21)13-5-3-4-6-14(13)18(22)23/h3-4,7-9,13-14H,5-6,10H2,1-2H3,(H,19,21)(H,22,23). The number of aliphatic carboxylic acids is 1. The molecular weight excluding hydrogens is 326 g/mol. The Kier molecular flexibility index (Phi) is 6.16. The van der Waals surface area contributed by atoms with E-state index in [9.17, 15) is 19.5 Å². The van der Waals surface area contributed by atoms with Crippen LogP contribution in [0.25, 0.3) is 0 Å². The number of amides is 1. The highest BCUT2D eigenvalue weighted by Crippen LogP contribution is 2.28. The minimum absolute atomic E-state index is 0.198. The van der Waals surface area contributed by atoms with Crippen LogP contribution >= 0.6 is 0 Å². The first-order valence-corrected chi connectivity index (χ1v) is 7.91. The van der Waals surface area contributed by atoms with E-state index in [0.29, 0.717) is 24.3 Å². The highest BCUT2D eigenvalue weighted by Gasteiger charge is 2.34. The number of carboxylic acid groups (broad SMARTS) is 1. The lowest BCUT2D eigenvalue weighted by Gasteiger charge is -2.24. The number of hydrogen-bond donors (Lipinski definition) is 2. The monoisotopic (exact) mass is 347 g/mol. The van der Waals surface area contributed by atoms with E-state index in [1.54, 1.807) is 31.2 Å². The molecule has 2 N–H and O–H groups in total. The molecule has 2 rings (SSSR count). The zero-order valence-corrected chi connectivity index (χ0v) is 14.2. The zero-order valence-electron chi connectivity index (χ0n) is 14.2. The normalized spacial score (nSPS) is 19.1. The van der Waals surface area contributed by atoms with E-state index in [1.807, 2.05) is 6.08 Å². The van der Waals surface area contributed by atoms with Crippen LogP contribution in [0.15, 0.2) is 30.4 Å². The lowest BCUT2D eigenvalue weighted by atomic mass is 9.82. The van der Waals surface area contributed by atoms with Crippen LogP contribution in [0.1, 0.15) is 18.4 Å². The number of allylic oxidation sites excluding steroid dienone is 2. The maximum Gasteiger partial charge on any atom is 0.343 e.